The third-order valence-electron chi connectivity index (χ3n) is 4.29. The van der Waals surface area contributed by atoms with Crippen LogP contribution in [-0.4, -0.2) is 31.4 Å². The van der Waals surface area contributed by atoms with Crippen molar-refractivity contribution < 1.29 is 9.59 Å². The Labute approximate surface area is 124 Å². The van der Waals surface area contributed by atoms with Crippen molar-refractivity contribution in [1.29, 1.82) is 0 Å². The molecule has 112 valence electrons. The molecule has 2 N–H and O–H groups in total. The van der Waals surface area contributed by atoms with Crippen LogP contribution in [0.4, 0.5) is 11.4 Å². The number of anilines is 2. The van der Waals surface area contributed by atoms with E-state index < -0.39 is 0 Å². The third kappa shape index (κ3) is 2.93. The third-order valence-corrected chi connectivity index (χ3v) is 4.29. The van der Waals surface area contributed by atoms with Crippen molar-refractivity contribution in [3.63, 3.8) is 0 Å². The van der Waals surface area contributed by atoms with Gasteiger partial charge in [-0.15, -0.1) is 0 Å². The lowest BCUT2D eigenvalue weighted by Crippen LogP contribution is -2.37. The van der Waals surface area contributed by atoms with Crippen molar-refractivity contribution in [3.8, 4) is 0 Å². The maximum Gasteiger partial charge on any atom is 0.228 e. The van der Waals surface area contributed by atoms with Gasteiger partial charge in [0.05, 0.1) is 5.92 Å². The zero-order chi connectivity index (χ0) is 14.8. The summed E-state index contributed by atoms with van der Waals surface area (Å²) in [5, 5.41) is 6.26. The molecule has 1 atom stereocenters. The Kier molecular flexibility index (Phi) is 3.92. The van der Waals surface area contributed by atoms with Crippen LogP contribution in [0.25, 0.3) is 0 Å². The quantitative estimate of drug-likeness (QED) is 0.867. The topological polar surface area (TPSA) is 61.4 Å². The molecule has 2 heterocycles. The fraction of sp³-hybridized carbons (Fsp3) is 0.500. The summed E-state index contributed by atoms with van der Waals surface area (Å²) >= 11 is 0. The summed E-state index contributed by atoms with van der Waals surface area (Å²) in [7, 11) is 0. The molecule has 2 amide bonds. The van der Waals surface area contributed by atoms with E-state index in [0.29, 0.717) is 0 Å². The molecule has 1 aromatic rings. The van der Waals surface area contributed by atoms with Gasteiger partial charge in [-0.25, -0.2) is 0 Å². The monoisotopic (exact) mass is 287 g/mol. The zero-order valence-corrected chi connectivity index (χ0v) is 12.3. The van der Waals surface area contributed by atoms with E-state index in [2.05, 4.69) is 10.6 Å². The van der Waals surface area contributed by atoms with Gasteiger partial charge in [0.2, 0.25) is 11.8 Å². The van der Waals surface area contributed by atoms with Crippen LogP contribution in [0, 0.1) is 5.92 Å². The first-order valence-corrected chi connectivity index (χ1v) is 7.58. The van der Waals surface area contributed by atoms with Crippen LogP contribution in [0.5, 0.6) is 0 Å². The van der Waals surface area contributed by atoms with E-state index in [1.807, 2.05) is 18.2 Å². The second kappa shape index (κ2) is 5.85. The van der Waals surface area contributed by atoms with Crippen LogP contribution in [0.3, 0.4) is 0 Å². The first-order chi connectivity index (χ1) is 10.1. The average molecular weight is 287 g/mol. The standard InChI is InChI=1S/C16H21N3O2/c1-11(20)19-8-6-12-9-14(4-5-15(12)19)18-16(21)13-3-2-7-17-10-13/h4-5,9,13,17H,2-3,6-8,10H2,1H3,(H,18,21)/t13-/m0/s1. The first kappa shape index (κ1) is 14.1. The molecular formula is C16H21N3O2. The van der Waals surface area contributed by atoms with Gasteiger partial charge in [0.15, 0.2) is 0 Å². The summed E-state index contributed by atoms with van der Waals surface area (Å²) in [6.45, 7) is 4.08. The number of benzene rings is 1. The number of hydrogen-bond donors (Lipinski definition) is 2. The summed E-state index contributed by atoms with van der Waals surface area (Å²) in [4.78, 5) is 25.5. The molecule has 1 aromatic carbocycles. The Morgan fingerprint density at radius 1 is 1.38 bits per heavy atom. The van der Waals surface area contributed by atoms with Crippen LogP contribution < -0.4 is 15.5 Å². The molecule has 3 rings (SSSR count). The second-order valence-electron chi connectivity index (χ2n) is 5.80. The Bertz CT molecular complexity index is 565. The highest BCUT2D eigenvalue weighted by Gasteiger charge is 2.24. The summed E-state index contributed by atoms with van der Waals surface area (Å²) in [5.74, 6) is 0.211. The number of nitrogens with zero attached hydrogens (tertiary/aromatic N) is 1. The number of amides is 2. The van der Waals surface area contributed by atoms with E-state index in [4.69, 9.17) is 0 Å². The fourth-order valence-corrected chi connectivity index (χ4v) is 3.13. The lowest BCUT2D eigenvalue weighted by atomic mass is 9.98. The Morgan fingerprint density at radius 2 is 2.24 bits per heavy atom. The predicted molar refractivity (Wildman–Crippen MR) is 82.4 cm³/mol. The molecule has 5 nitrogen and oxygen atoms in total. The van der Waals surface area contributed by atoms with Gasteiger partial charge in [0.1, 0.15) is 0 Å². The number of hydrogen-bond acceptors (Lipinski definition) is 3. The smallest absolute Gasteiger partial charge is 0.228 e. The van der Waals surface area contributed by atoms with Gasteiger partial charge in [-0.1, -0.05) is 0 Å². The Morgan fingerprint density at radius 3 is 2.95 bits per heavy atom. The minimum Gasteiger partial charge on any atom is -0.326 e. The van der Waals surface area contributed by atoms with Gasteiger partial charge in [-0.05, 0) is 49.6 Å². The molecule has 0 unspecified atom stereocenters. The Balaban J connectivity index is 1.70. The number of fused-ring (bicyclic) bond motifs is 1. The van der Waals surface area contributed by atoms with Crippen molar-refractivity contribution >= 4 is 23.2 Å². The van der Waals surface area contributed by atoms with Gasteiger partial charge in [0, 0.05) is 31.4 Å². The largest absolute Gasteiger partial charge is 0.326 e. The van der Waals surface area contributed by atoms with E-state index in [-0.39, 0.29) is 17.7 Å². The van der Waals surface area contributed by atoms with Gasteiger partial charge in [-0.3, -0.25) is 9.59 Å². The van der Waals surface area contributed by atoms with Crippen molar-refractivity contribution in [3.05, 3.63) is 23.8 Å². The van der Waals surface area contributed by atoms with Crippen LogP contribution in [0.15, 0.2) is 18.2 Å². The van der Waals surface area contributed by atoms with E-state index in [1.165, 1.54) is 0 Å². The minimum atomic E-state index is 0.0562. The molecule has 0 aliphatic carbocycles. The normalized spacial score (nSPS) is 21.0. The highest BCUT2D eigenvalue weighted by Crippen LogP contribution is 2.30. The van der Waals surface area contributed by atoms with Crippen molar-refractivity contribution in [2.24, 2.45) is 5.92 Å². The van der Waals surface area contributed by atoms with Gasteiger partial charge in [0.25, 0.3) is 0 Å². The van der Waals surface area contributed by atoms with Crippen molar-refractivity contribution in [2.75, 3.05) is 29.9 Å². The minimum absolute atomic E-state index is 0.0562. The summed E-state index contributed by atoms with van der Waals surface area (Å²) in [6, 6.07) is 5.80. The summed E-state index contributed by atoms with van der Waals surface area (Å²) in [6.07, 6.45) is 2.85. The highest BCUT2D eigenvalue weighted by atomic mass is 16.2. The van der Waals surface area contributed by atoms with E-state index in [0.717, 1.165) is 55.8 Å². The number of nitrogens with one attached hydrogen (secondary N) is 2. The molecule has 1 saturated heterocycles. The average Bonchev–Trinajstić information content (AvgIpc) is 2.91. The van der Waals surface area contributed by atoms with Gasteiger partial charge in [-0.2, -0.15) is 0 Å². The molecule has 2 aliphatic rings. The summed E-state index contributed by atoms with van der Waals surface area (Å²) < 4.78 is 0. The molecular weight excluding hydrogens is 266 g/mol. The molecule has 1 fully saturated rings. The maximum atomic E-state index is 12.2. The highest BCUT2D eigenvalue weighted by molar-refractivity contribution is 5.96. The van der Waals surface area contributed by atoms with Crippen LogP contribution in [0.1, 0.15) is 25.3 Å². The molecule has 0 radical (unpaired) electrons. The van der Waals surface area contributed by atoms with Gasteiger partial charge < -0.3 is 15.5 Å². The molecule has 0 saturated carbocycles. The molecule has 0 bridgehead atoms. The first-order valence-electron chi connectivity index (χ1n) is 7.58. The molecule has 0 spiro atoms. The molecule has 2 aliphatic heterocycles. The number of piperidine rings is 1. The maximum absolute atomic E-state index is 12.2. The lowest BCUT2D eigenvalue weighted by Gasteiger charge is -2.22. The van der Waals surface area contributed by atoms with Crippen LogP contribution in [0.2, 0.25) is 0 Å². The van der Waals surface area contributed by atoms with E-state index >= 15 is 0 Å². The Hall–Kier alpha value is -1.88. The lowest BCUT2D eigenvalue weighted by molar-refractivity contribution is -0.120. The second-order valence-corrected chi connectivity index (χ2v) is 5.80. The van der Waals surface area contributed by atoms with Crippen LogP contribution >= 0.6 is 0 Å². The number of carbonyl (C=O) groups excluding carboxylic acids is 2. The number of rotatable bonds is 2. The predicted octanol–water partition coefficient (Wildman–Crippen LogP) is 1.53. The molecule has 5 heteroatoms. The molecule has 0 aromatic heterocycles. The summed E-state index contributed by atoms with van der Waals surface area (Å²) in [5.41, 5.74) is 2.93. The van der Waals surface area contributed by atoms with E-state index in [9.17, 15) is 9.59 Å². The van der Waals surface area contributed by atoms with Crippen molar-refractivity contribution in [2.45, 2.75) is 26.2 Å². The SMILES string of the molecule is CC(=O)N1CCc2cc(NC(=O)[C@H]3CCCNC3)ccc21. The zero-order valence-electron chi connectivity index (χ0n) is 12.3. The van der Waals surface area contributed by atoms with Gasteiger partial charge >= 0.3 is 0 Å². The van der Waals surface area contributed by atoms with E-state index in [1.54, 1.807) is 11.8 Å². The van der Waals surface area contributed by atoms with Crippen molar-refractivity contribution in [1.82, 2.24) is 5.32 Å². The van der Waals surface area contributed by atoms with Crippen LogP contribution in [-0.2, 0) is 16.0 Å². The number of carbonyl (C=O) groups is 2. The molecule has 21 heavy (non-hydrogen) atoms. The fourth-order valence-electron chi connectivity index (χ4n) is 3.13.